The maximum absolute atomic E-state index is 13.0. The summed E-state index contributed by atoms with van der Waals surface area (Å²) in [7, 11) is 0. The minimum absolute atomic E-state index is 0.0668. The van der Waals surface area contributed by atoms with Crippen molar-refractivity contribution in [2.75, 3.05) is 25.1 Å². The molecule has 0 unspecified atom stereocenters. The van der Waals surface area contributed by atoms with Crippen molar-refractivity contribution in [1.82, 2.24) is 24.8 Å². The summed E-state index contributed by atoms with van der Waals surface area (Å²) in [6.07, 6.45) is 6.89. The maximum Gasteiger partial charge on any atom is 0.294 e. The van der Waals surface area contributed by atoms with Gasteiger partial charge in [-0.3, -0.25) is 14.2 Å². The third-order valence-electron chi connectivity index (χ3n) is 5.93. The molecule has 34 heavy (non-hydrogen) atoms. The van der Waals surface area contributed by atoms with E-state index in [4.69, 9.17) is 32.7 Å². The fourth-order valence-electron chi connectivity index (χ4n) is 3.78. The lowest BCUT2D eigenvalue weighted by atomic mass is 10.2. The van der Waals surface area contributed by atoms with Crippen LogP contribution in [0.3, 0.4) is 0 Å². The van der Waals surface area contributed by atoms with Crippen molar-refractivity contribution in [3.63, 3.8) is 0 Å². The molecule has 5 rings (SSSR count). The average Bonchev–Trinajstić information content (AvgIpc) is 3.45. The largest absolute Gasteiger partial charge is 0.376 e. The number of aromatic amines is 1. The van der Waals surface area contributed by atoms with Crippen LogP contribution in [0.1, 0.15) is 18.4 Å². The van der Waals surface area contributed by atoms with Gasteiger partial charge >= 0.3 is 0 Å². The molecule has 1 saturated carbocycles. The zero-order valence-corrected chi connectivity index (χ0v) is 19.7. The highest BCUT2D eigenvalue weighted by Crippen LogP contribution is 2.30. The van der Waals surface area contributed by atoms with Crippen molar-refractivity contribution in [2.24, 2.45) is 5.92 Å². The summed E-state index contributed by atoms with van der Waals surface area (Å²) < 4.78 is 12.6. The minimum Gasteiger partial charge on any atom is -0.376 e. The summed E-state index contributed by atoms with van der Waals surface area (Å²) in [5.41, 5.74) is 0.956. The van der Waals surface area contributed by atoms with Gasteiger partial charge in [-0.2, -0.15) is 0 Å². The molecule has 1 aliphatic carbocycles. The van der Waals surface area contributed by atoms with Gasteiger partial charge in [0.25, 0.3) is 5.56 Å². The number of fused-ring (bicyclic) bond motifs is 1. The van der Waals surface area contributed by atoms with Gasteiger partial charge in [-0.05, 0) is 30.4 Å². The number of aromatic nitrogens is 4. The average molecular weight is 507 g/mol. The van der Waals surface area contributed by atoms with Gasteiger partial charge in [0.2, 0.25) is 5.91 Å². The van der Waals surface area contributed by atoms with Crippen LogP contribution < -0.4 is 16.2 Å². The molecule has 4 heterocycles. The number of ether oxygens (including phenoxy) is 2. The molecule has 10 nitrogen and oxygen atoms in total. The summed E-state index contributed by atoms with van der Waals surface area (Å²) in [5.74, 6) is 0.351. The summed E-state index contributed by atoms with van der Waals surface area (Å²) in [4.78, 5) is 36.9. The predicted molar refractivity (Wildman–Crippen MR) is 127 cm³/mol. The highest BCUT2D eigenvalue weighted by Gasteiger charge is 2.32. The molecular weight excluding hydrogens is 483 g/mol. The Bertz CT molecular complexity index is 1260. The van der Waals surface area contributed by atoms with Gasteiger partial charge in [-0.25, -0.2) is 9.97 Å². The number of carbonyl (C=O) groups excluding carboxylic acids is 1. The van der Waals surface area contributed by atoms with E-state index in [9.17, 15) is 9.59 Å². The number of halogens is 2. The van der Waals surface area contributed by atoms with Crippen LogP contribution >= 0.6 is 23.2 Å². The fourth-order valence-corrected chi connectivity index (χ4v) is 4.16. The van der Waals surface area contributed by atoms with Crippen LogP contribution in [0.4, 0.5) is 5.82 Å². The number of nitrogens with one attached hydrogen (secondary N) is 3. The summed E-state index contributed by atoms with van der Waals surface area (Å²) in [6, 6.07) is 1.64. The van der Waals surface area contributed by atoms with Crippen molar-refractivity contribution in [2.45, 2.75) is 38.1 Å². The number of amides is 1. The Morgan fingerprint density at radius 1 is 1.26 bits per heavy atom. The molecule has 12 heteroatoms. The van der Waals surface area contributed by atoms with Crippen LogP contribution in [0.15, 0.2) is 29.5 Å². The molecule has 180 valence electrons. The summed E-state index contributed by atoms with van der Waals surface area (Å²) >= 11 is 12.3. The van der Waals surface area contributed by atoms with E-state index in [1.807, 2.05) is 6.07 Å². The lowest BCUT2D eigenvalue weighted by Crippen LogP contribution is -2.39. The van der Waals surface area contributed by atoms with E-state index < -0.39 is 5.56 Å². The number of rotatable bonds is 9. The Morgan fingerprint density at radius 3 is 2.94 bits per heavy atom. The Kier molecular flexibility index (Phi) is 6.73. The van der Waals surface area contributed by atoms with Gasteiger partial charge in [0.05, 0.1) is 30.5 Å². The lowest BCUT2D eigenvalue weighted by Gasteiger charge is -2.20. The predicted octanol–water partition coefficient (Wildman–Crippen LogP) is 2.35. The monoisotopic (exact) mass is 506 g/mol. The van der Waals surface area contributed by atoms with Gasteiger partial charge in [0, 0.05) is 30.9 Å². The highest BCUT2D eigenvalue weighted by atomic mass is 35.5. The van der Waals surface area contributed by atoms with E-state index in [-0.39, 0.29) is 42.1 Å². The second-order valence-corrected chi connectivity index (χ2v) is 9.37. The molecular formula is C22H24Cl2N6O4. The molecule has 0 bridgehead atoms. The summed E-state index contributed by atoms with van der Waals surface area (Å²) in [5, 5.41) is 7.29. The molecule has 2 fully saturated rings. The van der Waals surface area contributed by atoms with Crippen molar-refractivity contribution < 1.29 is 14.3 Å². The molecule has 1 saturated heterocycles. The van der Waals surface area contributed by atoms with E-state index in [1.165, 1.54) is 23.6 Å². The van der Waals surface area contributed by atoms with Crippen LogP contribution in [0.25, 0.3) is 11.0 Å². The van der Waals surface area contributed by atoms with Gasteiger partial charge in [0.15, 0.2) is 5.82 Å². The normalized spacial score (nSPS) is 20.1. The molecule has 3 N–H and O–H groups in total. The van der Waals surface area contributed by atoms with Crippen LogP contribution in [-0.2, 0) is 27.4 Å². The van der Waals surface area contributed by atoms with Crippen molar-refractivity contribution in [3.05, 3.63) is 50.7 Å². The van der Waals surface area contributed by atoms with Crippen LogP contribution in [0.2, 0.25) is 10.2 Å². The zero-order valence-electron chi connectivity index (χ0n) is 18.2. The number of nitrogens with zero attached hydrogens (tertiary/aromatic N) is 3. The number of hydrogen-bond donors (Lipinski definition) is 3. The quantitative estimate of drug-likeness (QED) is 0.406. The first-order valence-corrected chi connectivity index (χ1v) is 11.8. The van der Waals surface area contributed by atoms with E-state index in [0.717, 1.165) is 10.9 Å². The van der Waals surface area contributed by atoms with Gasteiger partial charge < -0.3 is 25.1 Å². The van der Waals surface area contributed by atoms with Crippen molar-refractivity contribution in [3.8, 4) is 0 Å². The third kappa shape index (κ3) is 5.20. The molecule has 0 spiro atoms. The lowest BCUT2D eigenvalue weighted by molar-refractivity contribution is -0.121. The first kappa shape index (κ1) is 23.1. The Labute approximate surface area is 205 Å². The topological polar surface area (TPSA) is 123 Å². The van der Waals surface area contributed by atoms with Crippen molar-refractivity contribution in [1.29, 1.82) is 0 Å². The standard InChI is InChI=1S/C22H24Cl2N6O4/c23-15-6-27-20-14(15)3-13(5-26-20)4-25-19(31)8-30-18(24)7-28-21(22(30)32)29-16-10-33-11-17(16)34-9-12-1-2-12/h3,5-7,12,16-17H,1-2,4,8-11H2,(H,25,31)(H,26,27)(H,28,29)/t16-,17-/m0/s1. The number of anilines is 1. The fraction of sp³-hybridized carbons (Fsp3) is 0.455. The molecule has 1 aliphatic heterocycles. The number of hydrogen-bond acceptors (Lipinski definition) is 7. The van der Waals surface area contributed by atoms with E-state index in [1.54, 1.807) is 12.4 Å². The maximum atomic E-state index is 13.0. The zero-order chi connectivity index (χ0) is 23.7. The molecule has 0 radical (unpaired) electrons. The number of pyridine rings is 1. The Balaban J connectivity index is 1.22. The van der Waals surface area contributed by atoms with Gasteiger partial charge in [-0.15, -0.1) is 0 Å². The van der Waals surface area contributed by atoms with Gasteiger partial charge in [-0.1, -0.05) is 23.2 Å². The van der Waals surface area contributed by atoms with Gasteiger partial charge in [0.1, 0.15) is 23.4 Å². The Hall–Kier alpha value is -2.66. The molecule has 2 aliphatic rings. The van der Waals surface area contributed by atoms with Crippen LogP contribution in [0.5, 0.6) is 0 Å². The van der Waals surface area contributed by atoms with Crippen LogP contribution in [-0.4, -0.2) is 57.4 Å². The second kappa shape index (κ2) is 9.91. The van der Waals surface area contributed by atoms with E-state index in [2.05, 4.69) is 25.6 Å². The molecule has 0 aromatic carbocycles. The SMILES string of the molecule is O=C(Cn1c(Cl)cnc(N[C@H]2COC[C@@H]2OCC2CC2)c1=O)NCc1cnc2[nH]cc(Cl)c2c1. The molecule has 3 aromatic heterocycles. The first-order valence-electron chi connectivity index (χ1n) is 11.1. The molecule has 1 amide bonds. The highest BCUT2D eigenvalue weighted by molar-refractivity contribution is 6.35. The Morgan fingerprint density at radius 2 is 2.12 bits per heavy atom. The number of H-pyrrole nitrogens is 1. The summed E-state index contributed by atoms with van der Waals surface area (Å²) in [6.45, 7) is 1.54. The van der Waals surface area contributed by atoms with E-state index in [0.29, 0.717) is 36.4 Å². The number of carbonyl (C=O) groups is 1. The smallest absolute Gasteiger partial charge is 0.294 e. The molecule has 3 aromatic rings. The van der Waals surface area contributed by atoms with Crippen molar-refractivity contribution >= 4 is 46.0 Å². The molecule has 2 atom stereocenters. The third-order valence-corrected chi connectivity index (χ3v) is 6.54. The first-order chi connectivity index (χ1) is 16.5. The second-order valence-electron chi connectivity index (χ2n) is 8.58. The van der Waals surface area contributed by atoms with E-state index >= 15 is 0 Å². The van der Waals surface area contributed by atoms with Crippen LogP contribution in [0, 0.1) is 5.92 Å². The minimum atomic E-state index is -0.488.